The number of rotatable bonds is 2. The van der Waals surface area contributed by atoms with Gasteiger partial charge in [-0.15, -0.1) is 0 Å². The molecule has 0 bridgehead atoms. The third kappa shape index (κ3) is 1.97. The summed E-state index contributed by atoms with van der Waals surface area (Å²) < 4.78 is 25.3. The van der Waals surface area contributed by atoms with E-state index in [1.807, 2.05) is 0 Å². The molecule has 2 aromatic rings. The number of aryl methyl sites for hydroxylation is 1. The lowest BCUT2D eigenvalue weighted by Crippen LogP contribution is -2.06. The van der Waals surface area contributed by atoms with Crippen molar-refractivity contribution < 1.29 is 8.42 Å². The molecule has 0 aliphatic rings. The van der Waals surface area contributed by atoms with Crippen LogP contribution in [-0.4, -0.2) is 18.6 Å². The molecule has 0 amide bonds. The Morgan fingerprint density at radius 2 is 2.00 bits per heavy atom. The van der Waals surface area contributed by atoms with Gasteiger partial charge in [0.15, 0.2) is 5.82 Å². The highest BCUT2D eigenvalue weighted by atomic mass is 79.9. The van der Waals surface area contributed by atoms with Crippen molar-refractivity contribution in [2.75, 3.05) is 11.5 Å². The van der Waals surface area contributed by atoms with Crippen molar-refractivity contribution >= 4 is 37.3 Å². The number of hydrogen-bond acceptors (Lipinski definition) is 5. The SMILES string of the molecule is Cc1[nH]nc(N)c1S(=O)(=O)c1ccc(N)c(Br)c1. The lowest BCUT2D eigenvalue weighted by atomic mass is 10.3. The maximum Gasteiger partial charge on any atom is 0.212 e. The largest absolute Gasteiger partial charge is 0.398 e. The highest BCUT2D eigenvalue weighted by Gasteiger charge is 2.25. The molecule has 18 heavy (non-hydrogen) atoms. The van der Waals surface area contributed by atoms with Crippen LogP contribution < -0.4 is 11.5 Å². The molecule has 0 aliphatic heterocycles. The number of benzene rings is 1. The molecule has 2 rings (SSSR count). The molecular formula is C10H11BrN4O2S. The van der Waals surface area contributed by atoms with E-state index in [1.54, 1.807) is 6.92 Å². The fourth-order valence-corrected chi connectivity index (χ4v) is 3.63. The number of anilines is 2. The van der Waals surface area contributed by atoms with Gasteiger partial charge in [0.25, 0.3) is 0 Å². The van der Waals surface area contributed by atoms with Gasteiger partial charge in [-0.2, -0.15) is 5.10 Å². The zero-order valence-electron chi connectivity index (χ0n) is 9.44. The minimum absolute atomic E-state index is 0.000767. The Morgan fingerprint density at radius 3 is 2.50 bits per heavy atom. The van der Waals surface area contributed by atoms with E-state index in [1.165, 1.54) is 18.2 Å². The molecule has 0 aliphatic carbocycles. The number of halogens is 1. The second kappa shape index (κ2) is 4.29. The maximum absolute atomic E-state index is 12.4. The summed E-state index contributed by atoms with van der Waals surface area (Å²) in [4.78, 5) is 0.110. The molecule has 1 aromatic heterocycles. The predicted octanol–water partition coefficient (Wildman–Crippen LogP) is 1.48. The van der Waals surface area contributed by atoms with Crippen molar-refractivity contribution in [3.63, 3.8) is 0 Å². The van der Waals surface area contributed by atoms with Crippen molar-refractivity contribution in [3.05, 3.63) is 28.4 Å². The molecule has 96 valence electrons. The van der Waals surface area contributed by atoms with Crippen molar-refractivity contribution in [2.24, 2.45) is 0 Å². The number of nitrogens with one attached hydrogen (secondary N) is 1. The molecular weight excluding hydrogens is 320 g/mol. The number of nitrogens with zero attached hydrogens (tertiary/aromatic N) is 1. The van der Waals surface area contributed by atoms with E-state index in [9.17, 15) is 8.42 Å². The summed E-state index contributed by atoms with van der Waals surface area (Å²) in [7, 11) is -3.70. The Kier molecular flexibility index (Phi) is 3.07. The van der Waals surface area contributed by atoms with Gasteiger partial charge >= 0.3 is 0 Å². The molecule has 5 N–H and O–H groups in total. The first-order chi connectivity index (χ1) is 8.34. The van der Waals surface area contributed by atoms with Crippen LogP contribution in [0.4, 0.5) is 11.5 Å². The number of H-pyrrole nitrogens is 1. The summed E-state index contributed by atoms with van der Waals surface area (Å²) in [5, 5.41) is 6.23. The number of aromatic nitrogens is 2. The Labute approximate surface area is 112 Å². The van der Waals surface area contributed by atoms with Crippen LogP contribution in [0.5, 0.6) is 0 Å². The third-order valence-corrected chi connectivity index (χ3v) is 5.08. The number of nitrogens with two attached hydrogens (primary N) is 2. The molecule has 1 aromatic carbocycles. The van der Waals surface area contributed by atoms with E-state index in [0.29, 0.717) is 15.9 Å². The van der Waals surface area contributed by atoms with Crippen LogP contribution in [0, 0.1) is 6.92 Å². The Morgan fingerprint density at radius 1 is 1.33 bits per heavy atom. The van der Waals surface area contributed by atoms with E-state index in [4.69, 9.17) is 11.5 Å². The predicted molar refractivity (Wildman–Crippen MR) is 71.7 cm³/mol. The summed E-state index contributed by atoms with van der Waals surface area (Å²) in [5.41, 5.74) is 12.1. The topological polar surface area (TPSA) is 115 Å². The fraction of sp³-hybridized carbons (Fsp3) is 0.100. The van der Waals surface area contributed by atoms with Crippen molar-refractivity contribution in [1.82, 2.24) is 10.2 Å². The van der Waals surface area contributed by atoms with Crippen molar-refractivity contribution in [2.45, 2.75) is 16.7 Å². The molecule has 0 fully saturated rings. The minimum Gasteiger partial charge on any atom is -0.398 e. The van der Waals surface area contributed by atoms with Crippen molar-refractivity contribution in [3.8, 4) is 0 Å². The summed E-state index contributed by atoms with van der Waals surface area (Å²) in [6.45, 7) is 1.60. The zero-order chi connectivity index (χ0) is 13.5. The first-order valence-corrected chi connectivity index (χ1v) is 7.22. The molecule has 0 radical (unpaired) electrons. The lowest BCUT2D eigenvalue weighted by Gasteiger charge is -2.06. The van der Waals surface area contributed by atoms with E-state index < -0.39 is 9.84 Å². The van der Waals surface area contributed by atoms with Gasteiger partial charge in [0.05, 0.1) is 10.6 Å². The zero-order valence-corrected chi connectivity index (χ0v) is 11.8. The normalized spacial score (nSPS) is 11.7. The van der Waals surface area contributed by atoms with Crippen LogP contribution in [-0.2, 0) is 9.84 Å². The van der Waals surface area contributed by atoms with E-state index in [2.05, 4.69) is 26.1 Å². The molecule has 0 spiro atoms. The average molecular weight is 331 g/mol. The highest BCUT2D eigenvalue weighted by Crippen LogP contribution is 2.30. The van der Waals surface area contributed by atoms with Crippen LogP contribution in [0.15, 0.2) is 32.5 Å². The Hall–Kier alpha value is -1.54. The van der Waals surface area contributed by atoms with Gasteiger partial charge < -0.3 is 11.5 Å². The summed E-state index contributed by atoms with van der Waals surface area (Å²) in [6, 6.07) is 4.39. The molecule has 1 heterocycles. The summed E-state index contributed by atoms with van der Waals surface area (Å²) >= 11 is 3.19. The quantitative estimate of drug-likeness (QED) is 0.721. The summed E-state index contributed by atoms with van der Waals surface area (Å²) in [5.74, 6) is -0.0413. The van der Waals surface area contributed by atoms with Crippen LogP contribution in [0.2, 0.25) is 0 Å². The van der Waals surface area contributed by atoms with Gasteiger partial charge in [-0.1, -0.05) is 0 Å². The second-order valence-corrected chi connectivity index (χ2v) is 6.49. The van der Waals surface area contributed by atoms with Crippen LogP contribution in [0.3, 0.4) is 0 Å². The lowest BCUT2D eigenvalue weighted by molar-refractivity contribution is 0.596. The maximum atomic E-state index is 12.4. The van der Waals surface area contributed by atoms with Gasteiger partial charge in [-0.3, -0.25) is 5.10 Å². The highest BCUT2D eigenvalue weighted by molar-refractivity contribution is 9.10. The molecule has 8 heteroatoms. The Balaban J connectivity index is 2.66. The van der Waals surface area contributed by atoms with E-state index >= 15 is 0 Å². The molecule has 0 unspecified atom stereocenters. The van der Waals surface area contributed by atoms with Gasteiger partial charge in [0, 0.05) is 10.2 Å². The molecule has 0 atom stereocenters. The van der Waals surface area contributed by atoms with Gasteiger partial charge in [0.1, 0.15) is 4.90 Å². The Bertz CT molecular complexity index is 689. The molecule has 0 saturated carbocycles. The van der Waals surface area contributed by atoms with Crippen LogP contribution in [0.1, 0.15) is 5.69 Å². The standard InChI is InChI=1S/C10H11BrN4O2S/c1-5-9(10(13)15-14-5)18(16,17)6-2-3-8(12)7(11)4-6/h2-4H,12H2,1H3,(H3,13,14,15). The fourth-order valence-electron chi connectivity index (χ4n) is 1.57. The van der Waals surface area contributed by atoms with Gasteiger partial charge in [0.2, 0.25) is 9.84 Å². The number of hydrogen-bond donors (Lipinski definition) is 3. The van der Waals surface area contributed by atoms with Gasteiger partial charge in [-0.25, -0.2) is 8.42 Å². The number of sulfone groups is 1. The van der Waals surface area contributed by atoms with E-state index in [0.717, 1.165) is 0 Å². The van der Waals surface area contributed by atoms with Crippen molar-refractivity contribution in [1.29, 1.82) is 0 Å². The first kappa shape index (κ1) is 12.9. The van der Waals surface area contributed by atoms with E-state index in [-0.39, 0.29) is 15.6 Å². The third-order valence-electron chi connectivity index (χ3n) is 2.47. The smallest absolute Gasteiger partial charge is 0.212 e. The monoisotopic (exact) mass is 330 g/mol. The molecule has 6 nitrogen and oxygen atoms in total. The average Bonchev–Trinajstić information content (AvgIpc) is 2.62. The summed E-state index contributed by atoms with van der Waals surface area (Å²) in [6.07, 6.45) is 0. The second-order valence-electron chi connectivity index (χ2n) is 3.75. The van der Waals surface area contributed by atoms with Crippen LogP contribution in [0.25, 0.3) is 0 Å². The van der Waals surface area contributed by atoms with Gasteiger partial charge in [-0.05, 0) is 41.1 Å². The number of nitrogen functional groups attached to an aromatic ring is 2. The minimum atomic E-state index is -3.70. The number of aromatic amines is 1. The molecule has 0 saturated heterocycles. The van der Waals surface area contributed by atoms with Crippen LogP contribution >= 0.6 is 15.9 Å². The first-order valence-electron chi connectivity index (χ1n) is 4.94.